The number of pyridine rings is 1. The van der Waals surface area contributed by atoms with Crippen molar-refractivity contribution < 1.29 is 9.53 Å². The van der Waals surface area contributed by atoms with Gasteiger partial charge in [0.1, 0.15) is 5.75 Å². The molecular weight excluding hydrogens is 370 g/mol. The van der Waals surface area contributed by atoms with Gasteiger partial charge in [-0.3, -0.25) is 9.78 Å². The number of nitrogens with one attached hydrogen (secondary N) is 1. The SMILES string of the molecule is COc1ccc2cc(C(=O)NCCCc3nc4c(s3)CCCC4)c(C)nc2c1. The molecule has 1 amide bonds. The Morgan fingerprint density at radius 3 is 2.89 bits per heavy atom. The minimum atomic E-state index is -0.0684. The number of hydrogen-bond acceptors (Lipinski definition) is 5. The zero-order valence-electron chi connectivity index (χ0n) is 16.4. The van der Waals surface area contributed by atoms with E-state index in [1.54, 1.807) is 7.11 Å². The second-order valence-electron chi connectivity index (χ2n) is 7.22. The average Bonchev–Trinajstić information content (AvgIpc) is 3.13. The smallest absolute Gasteiger partial charge is 0.253 e. The lowest BCUT2D eigenvalue weighted by Crippen LogP contribution is -2.25. The Bertz CT molecular complexity index is 989. The van der Waals surface area contributed by atoms with Crippen LogP contribution >= 0.6 is 11.3 Å². The van der Waals surface area contributed by atoms with Crippen molar-refractivity contribution in [2.45, 2.75) is 45.4 Å². The third-order valence-electron chi connectivity index (χ3n) is 5.20. The Morgan fingerprint density at radius 2 is 2.07 bits per heavy atom. The lowest BCUT2D eigenvalue weighted by atomic mass is 10.0. The minimum absolute atomic E-state index is 0.0684. The molecule has 0 spiro atoms. The van der Waals surface area contributed by atoms with Gasteiger partial charge in [0.05, 0.1) is 34.6 Å². The molecule has 6 heteroatoms. The molecule has 0 saturated carbocycles. The number of rotatable bonds is 6. The predicted molar refractivity (Wildman–Crippen MR) is 112 cm³/mol. The molecule has 0 unspecified atom stereocenters. The molecule has 5 nitrogen and oxygen atoms in total. The molecule has 1 aliphatic rings. The Hall–Kier alpha value is -2.47. The molecule has 0 saturated heterocycles. The van der Waals surface area contributed by atoms with Crippen molar-refractivity contribution in [2.75, 3.05) is 13.7 Å². The number of hydrogen-bond donors (Lipinski definition) is 1. The molecule has 28 heavy (non-hydrogen) atoms. The van der Waals surface area contributed by atoms with Crippen LogP contribution in [0.25, 0.3) is 10.9 Å². The Morgan fingerprint density at radius 1 is 1.21 bits per heavy atom. The fourth-order valence-corrected chi connectivity index (χ4v) is 4.85. The molecule has 146 valence electrons. The molecule has 4 rings (SSSR count). The zero-order chi connectivity index (χ0) is 19.5. The summed E-state index contributed by atoms with van der Waals surface area (Å²) < 4.78 is 5.24. The molecule has 0 aliphatic heterocycles. The van der Waals surface area contributed by atoms with E-state index in [1.165, 1.54) is 34.8 Å². The summed E-state index contributed by atoms with van der Waals surface area (Å²) in [5.74, 6) is 0.696. The lowest BCUT2D eigenvalue weighted by molar-refractivity contribution is 0.0952. The summed E-state index contributed by atoms with van der Waals surface area (Å²) in [5, 5.41) is 5.17. The number of nitrogens with zero attached hydrogens (tertiary/aromatic N) is 2. The number of fused-ring (bicyclic) bond motifs is 2. The van der Waals surface area contributed by atoms with Gasteiger partial charge < -0.3 is 10.1 Å². The van der Waals surface area contributed by atoms with Crippen molar-refractivity contribution in [1.82, 2.24) is 15.3 Å². The number of methoxy groups -OCH3 is 1. The van der Waals surface area contributed by atoms with Crippen LogP contribution in [0.1, 0.15) is 50.9 Å². The van der Waals surface area contributed by atoms with Gasteiger partial charge in [0.25, 0.3) is 5.91 Å². The molecule has 0 bridgehead atoms. The molecule has 3 aromatic rings. The van der Waals surface area contributed by atoms with Crippen LogP contribution < -0.4 is 10.1 Å². The van der Waals surface area contributed by atoms with Crippen LogP contribution in [0.3, 0.4) is 0 Å². The number of thiazole rings is 1. The lowest BCUT2D eigenvalue weighted by Gasteiger charge is -2.09. The number of ether oxygens (including phenoxy) is 1. The first-order chi connectivity index (χ1) is 13.6. The second-order valence-corrected chi connectivity index (χ2v) is 8.39. The molecule has 0 atom stereocenters. The summed E-state index contributed by atoms with van der Waals surface area (Å²) in [4.78, 5) is 23.4. The number of amides is 1. The summed E-state index contributed by atoms with van der Waals surface area (Å²) in [6, 6.07) is 7.61. The van der Waals surface area contributed by atoms with Crippen LogP contribution in [-0.2, 0) is 19.3 Å². The van der Waals surface area contributed by atoms with Gasteiger partial charge in [-0.2, -0.15) is 0 Å². The Kier molecular flexibility index (Phi) is 5.57. The van der Waals surface area contributed by atoms with Gasteiger partial charge in [0.15, 0.2) is 0 Å². The number of aromatic nitrogens is 2. The summed E-state index contributed by atoms with van der Waals surface area (Å²) >= 11 is 1.85. The summed E-state index contributed by atoms with van der Waals surface area (Å²) in [6.07, 6.45) is 6.68. The van der Waals surface area contributed by atoms with Crippen molar-refractivity contribution in [3.8, 4) is 5.75 Å². The van der Waals surface area contributed by atoms with Gasteiger partial charge in [-0.15, -0.1) is 11.3 Å². The van der Waals surface area contributed by atoms with Crippen molar-refractivity contribution in [3.63, 3.8) is 0 Å². The third kappa shape index (κ3) is 4.02. The van der Waals surface area contributed by atoms with E-state index in [2.05, 4.69) is 10.3 Å². The van der Waals surface area contributed by atoms with Crippen molar-refractivity contribution in [3.05, 3.63) is 51.1 Å². The zero-order valence-corrected chi connectivity index (χ0v) is 17.2. The third-order valence-corrected chi connectivity index (χ3v) is 6.42. The highest BCUT2D eigenvalue weighted by Gasteiger charge is 2.15. The van der Waals surface area contributed by atoms with Crippen LogP contribution in [0.2, 0.25) is 0 Å². The van der Waals surface area contributed by atoms with Crippen LogP contribution in [0.5, 0.6) is 5.75 Å². The second kappa shape index (κ2) is 8.27. The molecule has 0 fully saturated rings. The van der Waals surface area contributed by atoms with Gasteiger partial charge in [-0.05, 0) is 57.2 Å². The average molecular weight is 396 g/mol. The highest BCUT2D eigenvalue weighted by atomic mass is 32.1. The van der Waals surface area contributed by atoms with E-state index in [0.717, 1.165) is 41.6 Å². The van der Waals surface area contributed by atoms with Gasteiger partial charge in [0.2, 0.25) is 0 Å². The van der Waals surface area contributed by atoms with Crippen LogP contribution in [0, 0.1) is 6.92 Å². The van der Waals surface area contributed by atoms with Crippen LogP contribution in [0.15, 0.2) is 24.3 Å². The van der Waals surface area contributed by atoms with Crippen molar-refractivity contribution in [2.24, 2.45) is 0 Å². The number of carbonyl (C=O) groups excluding carboxylic acids is 1. The summed E-state index contributed by atoms with van der Waals surface area (Å²) in [7, 11) is 1.64. The number of carbonyl (C=O) groups is 1. The van der Waals surface area contributed by atoms with Gasteiger partial charge in [-0.1, -0.05) is 0 Å². The standard InChI is InChI=1S/C22H25N3O2S/c1-14-17(12-15-9-10-16(27-2)13-19(15)24-14)22(26)23-11-5-8-21-25-18-6-3-4-7-20(18)28-21/h9-10,12-13H,3-8,11H2,1-2H3,(H,23,26). The predicted octanol–water partition coefficient (Wildman–Crippen LogP) is 4.25. The van der Waals surface area contributed by atoms with Gasteiger partial charge in [0, 0.05) is 29.3 Å². The maximum absolute atomic E-state index is 12.6. The topological polar surface area (TPSA) is 64.1 Å². The van der Waals surface area contributed by atoms with Crippen molar-refractivity contribution in [1.29, 1.82) is 0 Å². The van der Waals surface area contributed by atoms with E-state index in [0.29, 0.717) is 12.1 Å². The first-order valence-corrected chi connectivity index (χ1v) is 10.7. The maximum atomic E-state index is 12.6. The van der Waals surface area contributed by atoms with Crippen LogP contribution in [0.4, 0.5) is 0 Å². The van der Waals surface area contributed by atoms with Gasteiger partial charge >= 0.3 is 0 Å². The Labute approximate surface area is 169 Å². The number of benzene rings is 1. The Balaban J connectivity index is 1.35. The van der Waals surface area contributed by atoms with E-state index >= 15 is 0 Å². The molecule has 2 aromatic heterocycles. The minimum Gasteiger partial charge on any atom is -0.497 e. The van der Waals surface area contributed by atoms with Gasteiger partial charge in [-0.25, -0.2) is 4.98 Å². The monoisotopic (exact) mass is 395 g/mol. The highest BCUT2D eigenvalue weighted by Crippen LogP contribution is 2.27. The molecule has 1 N–H and O–H groups in total. The van der Waals surface area contributed by atoms with Crippen LogP contribution in [-0.4, -0.2) is 29.5 Å². The molecule has 1 aromatic carbocycles. The van der Waals surface area contributed by atoms with E-state index in [-0.39, 0.29) is 5.91 Å². The molecule has 1 aliphatic carbocycles. The fraction of sp³-hybridized carbons (Fsp3) is 0.409. The first-order valence-electron chi connectivity index (χ1n) is 9.85. The van der Waals surface area contributed by atoms with E-state index in [4.69, 9.17) is 9.72 Å². The first kappa shape index (κ1) is 18.9. The summed E-state index contributed by atoms with van der Waals surface area (Å²) in [6.45, 7) is 2.51. The largest absolute Gasteiger partial charge is 0.497 e. The molecule has 2 heterocycles. The quantitative estimate of drug-likeness (QED) is 0.634. The van der Waals surface area contributed by atoms with E-state index in [1.807, 2.05) is 42.5 Å². The summed E-state index contributed by atoms with van der Waals surface area (Å²) in [5.41, 5.74) is 3.50. The molecular formula is C22H25N3O2S. The normalized spacial score (nSPS) is 13.4. The van der Waals surface area contributed by atoms with Crippen molar-refractivity contribution >= 4 is 28.1 Å². The maximum Gasteiger partial charge on any atom is 0.253 e. The fourth-order valence-electron chi connectivity index (χ4n) is 3.65. The molecule has 0 radical (unpaired) electrons. The van der Waals surface area contributed by atoms with E-state index < -0.39 is 0 Å². The van der Waals surface area contributed by atoms with E-state index in [9.17, 15) is 4.79 Å². The highest BCUT2D eigenvalue weighted by molar-refractivity contribution is 7.11. The number of aryl methyl sites for hydroxylation is 4.